The molecule has 2 aromatic carbocycles. The topological polar surface area (TPSA) is 118 Å². The van der Waals surface area contributed by atoms with Gasteiger partial charge in [-0.05, 0) is 54.8 Å². The van der Waals surface area contributed by atoms with Crippen molar-refractivity contribution in [3.63, 3.8) is 0 Å². The number of nitrogens with two attached hydrogens (primary N) is 1. The summed E-state index contributed by atoms with van der Waals surface area (Å²) < 4.78 is 41.0. The van der Waals surface area contributed by atoms with Crippen LogP contribution in [0.25, 0.3) is 0 Å². The summed E-state index contributed by atoms with van der Waals surface area (Å²) in [6, 6.07) is 11.1. The molecule has 0 fully saturated rings. The molecule has 29 heavy (non-hydrogen) atoms. The molecule has 4 N–H and O–H groups in total. The van der Waals surface area contributed by atoms with Crippen molar-refractivity contribution in [3.05, 3.63) is 76.4 Å². The van der Waals surface area contributed by atoms with Crippen molar-refractivity contribution < 1.29 is 22.4 Å². The zero-order valence-electron chi connectivity index (χ0n) is 15.1. The Bertz CT molecular complexity index is 1170. The number of halogens is 1. The van der Waals surface area contributed by atoms with Crippen molar-refractivity contribution in [2.45, 2.75) is 11.1 Å². The summed E-state index contributed by atoms with van der Waals surface area (Å²) in [5, 5.41) is 4.18. The first-order valence-corrected chi connectivity index (χ1v) is 10.6. The molecule has 3 rings (SSSR count). The van der Waals surface area contributed by atoms with Crippen LogP contribution in [0.15, 0.2) is 58.1 Å². The fourth-order valence-electron chi connectivity index (χ4n) is 2.46. The predicted molar refractivity (Wildman–Crippen MR) is 109 cm³/mol. The van der Waals surface area contributed by atoms with Crippen LogP contribution in [0.3, 0.4) is 0 Å². The predicted octanol–water partition coefficient (Wildman–Crippen LogP) is 3.35. The highest BCUT2D eigenvalue weighted by Crippen LogP contribution is 2.23. The Kier molecular flexibility index (Phi) is 5.66. The lowest BCUT2D eigenvalue weighted by Gasteiger charge is -2.11. The Morgan fingerprint density at radius 1 is 1.07 bits per heavy atom. The molecule has 0 radical (unpaired) electrons. The second-order valence-electron chi connectivity index (χ2n) is 6.06. The van der Waals surface area contributed by atoms with Gasteiger partial charge in [0.15, 0.2) is 0 Å². The number of sulfonamides is 1. The van der Waals surface area contributed by atoms with Crippen LogP contribution in [0.2, 0.25) is 0 Å². The van der Waals surface area contributed by atoms with Crippen LogP contribution >= 0.6 is 11.3 Å². The Morgan fingerprint density at radius 3 is 2.34 bits per heavy atom. The minimum atomic E-state index is -3.69. The minimum Gasteiger partial charge on any atom is -0.366 e. The van der Waals surface area contributed by atoms with Crippen LogP contribution in [0.4, 0.5) is 15.8 Å². The quantitative estimate of drug-likeness (QED) is 0.552. The molecule has 7 nitrogen and oxygen atoms in total. The maximum atomic E-state index is 14.0. The zero-order chi connectivity index (χ0) is 21.2. The monoisotopic (exact) mass is 433 g/mol. The maximum Gasteiger partial charge on any atom is 0.271 e. The van der Waals surface area contributed by atoms with Crippen molar-refractivity contribution in [3.8, 4) is 0 Å². The van der Waals surface area contributed by atoms with Gasteiger partial charge in [0, 0.05) is 28.1 Å². The number of hydrogen-bond donors (Lipinski definition) is 3. The molecule has 150 valence electrons. The molecule has 1 aromatic heterocycles. The van der Waals surface area contributed by atoms with E-state index in [9.17, 15) is 22.4 Å². The van der Waals surface area contributed by atoms with E-state index in [2.05, 4.69) is 10.0 Å². The molecule has 0 saturated heterocycles. The average Bonchev–Trinajstić information content (AvgIpc) is 3.21. The standard InChI is InChI=1S/C19H16FN3O4S2/c1-11-15(20)9-13(18(21)24)10-16(11)22-19(25)12-4-6-14(7-5-12)23-29(26,27)17-3-2-8-28-17/h2-10,23H,1H3,(H2,21,24)(H,22,25). The molecular formula is C19H16FN3O4S2. The number of amides is 2. The molecule has 1 heterocycles. The smallest absolute Gasteiger partial charge is 0.271 e. The van der Waals surface area contributed by atoms with Crippen LogP contribution < -0.4 is 15.8 Å². The van der Waals surface area contributed by atoms with E-state index in [1.807, 2.05) is 0 Å². The molecular weight excluding hydrogens is 417 g/mol. The normalized spacial score (nSPS) is 11.1. The fraction of sp³-hybridized carbons (Fsp3) is 0.0526. The molecule has 0 saturated carbocycles. The van der Waals surface area contributed by atoms with Gasteiger partial charge in [0.1, 0.15) is 10.0 Å². The first-order valence-electron chi connectivity index (χ1n) is 8.25. The van der Waals surface area contributed by atoms with Crippen molar-refractivity contribution >= 4 is 44.5 Å². The van der Waals surface area contributed by atoms with E-state index in [0.29, 0.717) is 0 Å². The summed E-state index contributed by atoms with van der Waals surface area (Å²) in [6.45, 7) is 1.46. The number of benzene rings is 2. The van der Waals surface area contributed by atoms with E-state index in [0.717, 1.165) is 17.4 Å². The summed E-state index contributed by atoms with van der Waals surface area (Å²) >= 11 is 1.09. The number of hydrogen-bond acceptors (Lipinski definition) is 5. The molecule has 10 heteroatoms. The lowest BCUT2D eigenvalue weighted by atomic mass is 10.1. The van der Waals surface area contributed by atoms with Crippen molar-refractivity contribution in [1.82, 2.24) is 0 Å². The van der Waals surface area contributed by atoms with E-state index in [4.69, 9.17) is 5.73 Å². The highest BCUT2D eigenvalue weighted by Gasteiger charge is 2.16. The maximum absolute atomic E-state index is 14.0. The number of rotatable bonds is 6. The van der Waals surface area contributed by atoms with E-state index in [-0.39, 0.29) is 32.3 Å². The van der Waals surface area contributed by atoms with E-state index < -0.39 is 27.7 Å². The Balaban J connectivity index is 1.77. The van der Waals surface area contributed by atoms with Crippen molar-refractivity contribution in [2.75, 3.05) is 10.0 Å². The number of nitrogens with one attached hydrogen (secondary N) is 2. The van der Waals surface area contributed by atoms with Gasteiger partial charge in [0.2, 0.25) is 5.91 Å². The number of carbonyl (C=O) groups excluding carboxylic acids is 2. The molecule has 0 unspecified atom stereocenters. The largest absolute Gasteiger partial charge is 0.366 e. The van der Waals surface area contributed by atoms with Crippen LogP contribution in [-0.2, 0) is 10.0 Å². The highest BCUT2D eigenvalue weighted by molar-refractivity contribution is 7.94. The van der Waals surface area contributed by atoms with Gasteiger partial charge in [-0.1, -0.05) is 6.07 Å². The molecule has 0 aliphatic heterocycles. The Labute approximate surface area is 170 Å². The van der Waals surface area contributed by atoms with Gasteiger partial charge < -0.3 is 11.1 Å². The molecule has 0 spiro atoms. The molecule has 3 aromatic rings. The van der Waals surface area contributed by atoms with E-state index in [1.54, 1.807) is 11.4 Å². The van der Waals surface area contributed by atoms with Crippen LogP contribution in [-0.4, -0.2) is 20.2 Å². The molecule has 0 aliphatic rings. The second kappa shape index (κ2) is 8.02. The first-order chi connectivity index (χ1) is 13.7. The lowest BCUT2D eigenvalue weighted by molar-refractivity contribution is 0.0995. The number of primary amides is 1. The number of anilines is 2. The minimum absolute atomic E-state index is 0.0678. The van der Waals surface area contributed by atoms with Gasteiger partial charge in [-0.25, -0.2) is 12.8 Å². The van der Waals surface area contributed by atoms with Gasteiger partial charge in [-0.2, -0.15) is 0 Å². The number of carbonyl (C=O) groups is 2. The van der Waals surface area contributed by atoms with Crippen molar-refractivity contribution in [2.24, 2.45) is 5.73 Å². The third kappa shape index (κ3) is 4.61. The first kappa shape index (κ1) is 20.5. The molecule has 2 amide bonds. The summed E-state index contributed by atoms with van der Waals surface area (Å²) in [4.78, 5) is 23.8. The molecule has 0 bridgehead atoms. The lowest BCUT2D eigenvalue weighted by Crippen LogP contribution is -2.16. The fourth-order valence-corrected chi connectivity index (χ4v) is 4.51. The zero-order valence-corrected chi connectivity index (χ0v) is 16.7. The van der Waals surface area contributed by atoms with E-state index in [1.165, 1.54) is 43.3 Å². The summed E-state index contributed by atoms with van der Waals surface area (Å²) in [5.74, 6) is -2.04. The third-order valence-electron chi connectivity index (χ3n) is 4.04. The Morgan fingerprint density at radius 2 is 1.76 bits per heavy atom. The molecule has 0 atom stereocenters. The SMILES string of the molecule is Cc1c(F)cc(C(N)=O)cc1NC(=O)c1ccc(NS(=O)(=O)c2cccs2)cc1. The summed E-state index contributed by atoms with van der Waals surface area (Å²) in [5.41, 5.74) is 5.88. The van der Waals surface area contributed by atoms with Crippen LogP contribution in [0.5, 0.6) is 0 Å². The molecule has 0 aliphatic carbocycles. The van der Waals surface area contributed by atoms with Gasteiger partial charge in [-0.3, -0.25) is 14.3 Å². The van der Waals surface area contributed by atoms with Gasteiger partial charge in [0.05, 0.1) is 0 Å². The Hall–Kier alpha value is -3.24. The summed E-state index contributed by atoms with van der Waals surface area (Å²) in [7, 11) is -3.69. The third-order valence-corrected chi connectivity index (χ3v) is 6.82. The van der Waals surface area contributed by atoms with Crippen LogP contribution in [0.1, 0.15) is 26.3 Å². The second-order valence-corrected chi connectivity index (χ2v) is 8.92. The van der Waals surface area contributed by atoms with E-state index >= 15 is 0 Å². The highest BCUT2D eigenvalue weighted by atomic mass is 32.2. The number of thiophene rings is 1. The van der Waals surface area contributed by atoms with Gasteiger partial charge >= 0.3 is 0 Å². The van der Waals surface area contributed by atoms with Crippen LogP contribution in [0, 0.1) is 12.7 Å². The van der Waals surface area contributed by atoms with Crippen molar-refractivity contribution in [1.29, 1.82) is 0 Å². The van der Waals surface area contributed by atoms with Gasteiger partial charge in [-0.15, -0.1) is 11.3 Å². The van der Waals surface area contributed by atoms with Gasteiger partial charge in [0.25, 0.3) is 15.9 Å². The average molecular weight is 433 g/mol. The summed E-state index contributed by atoms with van der Waals surface area (Å²) in [6.07, 6.45) is 0.